The third kappa shape index (κ3) is 4.45. The Hall–Kier alpha value is -2.17. The van der Waals surface area contributed by atoms with Gasteiger partial charge < -0.3 is 14.0 Å². The lowest BCUT2D eigenvalue weighted by molar-refractivity contribution is -0.0706. The monoisotopic (exact) mass is 417 g/mol. The van der Waals surface area contributed by atoms with Crippen molar-refractivity contribution in [2.75, 3.05) is 13.2 Å². The summed E-state index contributed by atoms with van der Waals surface area (Å²) in [4.78, 5) is 4.27. The predicted molar refractivity (Wildman–Crippen MR) is 93.0 cm³/mol. The maximum absolute atomic E-state index is 12.7. The molecule has 10 heteroatoms. The molecule has 0 saturated carbocycles. The van der Waals surface area contributed by atoms with Crippen LogP contribution >= 0.6 is 0 Å². The third-order valence-corrected chi connectivity index (χ3v) is 5.39. The van der Waals surface area contributed by atoms with Crippen molar-refractivity contribution in [2.45, 2.75) is 30.4 Å². The maximum atomic E-state index is 12.7. The number of aliphatic hydroxyl groups is 1. The molecule has 1 fully saturated rings. The molecule has 1 aliphatic rings. The summed E-state index contributed by atoms with van der Waals surface area (Å²) in [5.41, 5.74) is -5.95. The minimum atomic E-state index is -5.84. The minimum absolute atomic E-state index is 0.0172. The van der Waals surface area contributed by atoms with Crippen molar-refractivity contribution in [2.24, 2.45) is 0 Å². The van der Waals surface area contributed by atoms with Crippen molar-refractivity contribution in [3.05, 3.63) is 59.4 Å². The van der Waals surface area contributed by atoms with Crippen LogP contribution in [0.1, 0.15) is 29.8 Å². The van der Waals surface area contributed by atoms with Gasteiger partial charge in [0.05, 0.1) is 11.4 Å². The maximum Gasteiger partial charge on any atom is 0.534 e. The summed E-state index contributed by atoms with van der Waals surface area (Å²) in [6.45, 7) is 0.625. The highest BCUT2D eigenvalue weighted by atomic mass is 32.2. The number of nitrogens with zero attached hydrogens (tertiary/aromatic N) is 1. The first kappa shape index (κ1) is 20.6. The van der Waals surface area contributed by atoms with Crippen LogP contribution in [0.15, 0.2) is 42.5 Å². The summed E-state index contributed by atoms with van der Waals surface area (Å²) in [5.74, 6) is -0.527. The number of benzene rings is 1. The largest absolute Gasteiger partial charge is 0.534 e. The fourth-order valence-electron chi connectivity index (χ4n) is 2.87. The molecule has 0 aliphatic carbocycles. The summed E-state index contributed by atoms with van der Waals surface area (Å²) in [6, 6.07) is 11.1. The van der Waals surface area contributed by atoms with Crippen LogP contribution in [0, 0.1) is 0 Å². The fraction of sp³-hybridized carbons (Fsp3) is 0.389. The van der Waals surface area contributed by atoms with Gasteiger partial charge in [0.2, 0.25) is 0 Å². The average molecular weight is 417 g/mol. The van der Waals surface area contributed by atoms with E-state index in [2.05, 4.69) is 9.17 Å². The van der Waals surface area contributed by atoms with Gasteiger partial charge in [0.1, 0.15) is 5.60 Å². The second kappa shape index (κ2) is 7.69. The Bertz CT molecular complexity index is 926. The van der Waals surface area contributed by atoms with Crippen LogP contribution in [0.3, 0.4) is 0 Å². The number of hydrogen-bond donors (Lipinski definition) is 1. The lowest BCUT2D eigenvalue weighted by Gasteiger charge is -2.31. The van der Waals surface area contributed by atoms with Crippen molar-refractivity contribution in [1.82, 2.24) is 4.98 Å². The van der Waals surface area contributed by atoms with E-state index in [1.165, 1.54) is 6.07 Å². The molecule has 2 heterocycles. The van der Waals surface area contributed by atoms with E-state index in [4.69, 9.17) is 4.74 Å². The summed E-state index contributed by atoms with van der Waals surface area (Å²) < 4.78 is 70.6. The van der Waals surface area contributed by atoms with E-state index in [0.717, 1.165) is 6.07 Å². The number of hydrogen-bond acceptors (Lipinski definition) is 6. The SMILES string of the molecule is O=S(=O)(Oc1ccc(C2(O)CCOCC2)nc1Cc1ccccc1)C(F)(F)F. The zero-order valence-corrected chi connectivity index (χ0v) is 15.5. The van der Waals surface area contributed by atoms with E-state index < -0.39 is 27.0 Å². The highest BCUT2D eigenvalue weighted by Crippen LogP contribution is 2.34. The van der Waals surface area contributed by atoms with Crippen LogP contribution in [0.5, 0.6) is 5.75 Å². The van der Waals surface area contributed by atoms with Gasteiger partial charge in [0.15, 0.2) is 5.75 Å². The predicted octanol–water partition coefficient (Wildman–Crippen LogP) is 2.90. The topological polar surface area (TPSA) is 85.7 Å². The van der Waals surface area contributed by atoms with Gasteiger partial charge in [-0.05, 0) is 17.7 Å². The van der Waals surface area contributed by atoms with E-state index >= 15 is 0 Å². The molecule has 152 valence electrons. The smallest absolute Gasteiger partial charge is 0.383 e. The molecule has 0 bridgehead atoms. The van der Waals surface area contributed by atoms with Crippen LogP contribution in [0.2, 0.25) is 0 Å². The summed E-state index contributed by atoms with van der Waals surface area (Å²) in [7, 11) is -5.84. The van der Waals surface area contributed by atoms with E-state index in [-0.39, 0.29) is 30.7 Å². The molecule has 1 aliphatic heterocycles. The Labute approximate surface area is 160 Å². The van der Waals surface area contributed by atoms with Crippen LogP contribution in [0.25, 0.3) is 0 Å². The van der Waals surface area contributed by atoms with Crippen LogP contribution in [-0.4, -0.2) is 37.2 Å². The fourth-order valence-corrected chi connectivity index (χ4v) is 3.35. The molecule has 3 rings (SSSR count). The summed E-state index contributed by atoms with van der Waals surface area (Å²) >= 11 is 0. The van der Waals surface area contributed by atoms with Crippen molar-refractivity contribution >= 4 is 10.1 Å². The van der Waals surface area contributed by atoms with E-state index in [9.17, 15) is 26.7 Å². The van der Waals surface area contributed by atoms with E-state index in [0.29, 0.717) is 18.8 Å². The van der Waals surface area contributed by atoms with Gasteiger partial charge in [0.25, 0.3) is 0 Å². The number of aromatic nitrogens is 1. The van der Waals surface area contributed by atoms with E-state index in [1.807, 2.05) is 0 Å². The molecule has 1 saturated heterocycles. The first-order valence-corrected chi connectivity index (χ1v) is 9.87. The molecule has 0 amide bonds. The Morgan fingerprint density at radius 2 is 1.75 bits per heavy atom. The molecule has 2 aromatic rings. The number of halogens is 3. The molecule has 28 heavy (non-hydrogen) atoms. The number of pyridine rings is 1. The molecule has 0 radical (unpaired) electrons. The van der Waals surface area contributed by atoms with E-state index in [1.54, 1.807) is 30.3 Å². The molecule has 1 N–H and O–H groups in total. The summed E-state index contributed by atoms with van der Waals surface area (Å²) in [5, 5.41) is 10.8. The van der Waals surface area contributed by atoms with Gasteiger partial charge in [-0.15, -0.1) is 0 Å². The van der Waals surface area contributed by atoms with Gasteiger partial charge in [-0.2, -0.15) is 21.6 Å². The van der Waals surface area contributed by atoms with Crippen molar-refractivity contribution in [1.29, 1.82) is 0 Å². The number of alkyl halides is 3. The third-order valence-electron chi connectivity index (χ3n) is 4.43. The second-order valence-corrected chi connectivity index (χ2v) is 7.97. The Morgan fingerprint density at radius 3 is 2.36 bits per heavy atom. The molecule has 1 aromatic carbocycles. The van der Waals surface area contributed by atoms with Crippen LogP contribution < -0.4 is 4.18 Å². The zero-order valence-electron chi connectivity index (χ0n) is 14.6. The van der Waals surface area contributed by atoms with Gasteiger partial charge in [-0.1, -0.05) is 30.3 Å². The molecule has 1 aromatic heterocycles. The van der Waals surface area contributed by atoms with Gasteiger partial charge >= 0.3 is 15.6 Å². The molecule has 6 nitrogen and oxygen atoms in total. The minimum Gasteiger partial charge on any atom is -0.383 e. The normalized spacial score (nSPS) is 17.3. The van der Waals surface area contributed by atoms with Crippen molar-refractivity contribution in [3.8, 4) is 5.75 Å². The lowest BCUT2D eigenvalue weighted by atomic mass is 9.90. The second-order valence-electron chi connectivity index (χ2n) is 6.43. The molecule has 0 unspecified atom stereocenters. The van der Waals surface area contributed by atoms with Crippen molar-refractivity contribution < 1.29 is 35.6 Å². The van der Waals surface area contributed by atoms with Gasteiger partial charge in [-0.3, -0.25) is 4.98 Å². The van der Waals surface area contributed by atoms with Gasteiger partial charge in [-0.25, -0.2) is 0 Å². The Balaban J connectivity index is 2.01. The highest BCUT2D eigenvalue weighted by molar-refractivity contribution is 7.88. The highest BCUT2D eigenvalue weighted by Gasteiger charge is 2.49. The first-order chi connectivity index (χ1) is 13.1. The number of ether oxygens (including phenoxy) is 1. The van der Waals surface area contributed by atoms with Crippen LogP contribution in [-0.2, 0) is 26.9 Å². The molecule has 0 spiro atoms. The standard InChI is InChI=1S/C18H18F3NO5S/c19-18(20,21)28(24,25)27-15-6-7-16(17(23)8-10-26-11-9-17)22-14(15)12-13-4-2-1-3-5-13/h1-7,23H,8-12H2. The average Bonchev–Trinajstić information content (AvgIpc) is 2.63. The summed E-state index contributed by atoms with van der Waals surface area (Å²) in [6.07, 6.45) is 0.571. The molecule has 0 atom stereocenters. The van der Waals surface area contributed by atoms with Crippen LogP contribution in [0.4, 0.5) is 13.2 Å². The molecular weight excluding hydrogens is 399 g/mol. The Kier molecular flexibility index (Phi) is 5.64. The lowest BCUT2D eigenvalue weighted by Crippen LogP contribution is -2.34. The van der Waals surface area contributed by atoms with Gasteiger partial charge in [0, 0.05) is 32.5 Å². The zero-order chi connectivity index (χ0) is 20.4. The Morgan fingerprint density at radius 1 is 1.11 bits per heavy atom. The molecular formula is C18H18F3NO5S. The quantitative estimate of drug-likeness (QED) is 0.595. The number of rotatable bonds is 5. The first-order valence-electron chi connectivity index (χ1n) is 8.46. The van der Waals surface area contributed by atoms with Crippen molar-refractivity contribution in [3.63, 3.8) is 0 Å².